The number of ether oxygens (including phenoxy) is 1. The third kappa shape index (κ3) is 5.68. The molecular formula is C22H16F2IN5O4S. The maximum Gasteiger partial charge on any atom is 0.278 e. The van der Waals surface area contributed by atoms with E-state index in [1.165, 1.54) is 42.7 Å². The summed E-state index contributed by atoms with van der Waals surface area (Å²) in [5, 5.41) is 2.52. The van der Waals surface area contributed by atoms with E-state index < -0.39 is 27.6 Å². The Morgan fingerprint density at radius 1 is 1.09 bits per heavy atom. The molecule has 0 bridgehead atoms. The fraction of sp³-hybridized carbons (Fsp3) is 0. The highest BCUT2D eigenvalue weighted by atomic mass is 127. The van der Waals surface area contributed by atoms with Gasteiger partial charge in [-0.1, -0.05) is 6.07 Å². The van der Waals surface area contributed by atoms with Gasteiger partial charge in [-0.05, 0) is 59.0 Å². The third-order valence-corrected chi connectivity index (χ3v) is 6.57. The number of nitrogens with zero attached hydrogens (tertiary/aromatic N) is 1. The van der Waals surface area contributed by atoms with E-state index in [4.69, 9.17) is 10.5 Å². The number of primary amides is 1. The molecule has 0 unspecified atom stereocenters. The van der Waals surface area contributed by atoms with Crippen LogP contribution in [0.2, 0.25) is 0 Å². The number of anilines is 3. The molecule has 0 saturated heterocycles. The predicted octanol–water partition coefficient (Wildman–Crippen LogP) is 4.73. The van der Waals surface area contributed by atoms with E-state index >= 15 is 0 Å². The van der Waals surface area contributed by atoms with Crippen LogP contribution in [0.25, 0.3) is 0 Å². The molecule has 4 rings (SSSR count). The second-order valence-electron chi connectivity index (χ2n) is 7.09. The summed E-state index contributed by atoms with van der Waals surface area (Å²) in [4.78, 5) is 18.4. The number of amides is 1. The zero-order valence-corrected chi connectivity index (χ0v) is 20.5. The number of carbonyl (C=O) groups excluding carboxylic acids is 1. The molecule has 3 aromatic carbocycles. The smallest absolute Gasteiger partial charge is 0.278 e. The van der Waals surface area contributed by atoms with Crippen LogP contribution in [0.15, 0.2) is 72.1 Å². The lowest BCUT2D eigenvalue weighted by molar-refractivity contribution is 0.0999. The van der Waals surface area contributed by atoms with Crippen LogP contribution in [0.1, 0.15) is 10.4 Å². The minimum Gasteiger partial charge on any atom is -0.456 e. The second-order valence-corrected chi connectivity index (χ2v) is 9.99. The Labute approximate surface area is 211 Å². The topological polar surface area (TPSA) is 139 Å². The van der Waals surface area contributed by atoms with Gasteiger partial charge >= 0.3 is 0 Å². The van der Waals surface area contributed by atoms with Crippen molar-refractivity contribution in [3.8, 4) is 11.5 Å². The van der Waals surface area contributed by atoms with E-state index in [0.717, 1.165) is 18.3 Å². The van der Waals surface area contributed by atoms with Crippen molar-refractivity contribution in [1.82, 2.24) is 9.97 Å². The monoisotopic (exact) mass is 611 g/mol. The highest BCUT2D eigenvalue weighted by Crippen LogP contribution is 2.35. The summed E-state index contributed by atoms with van der Waals surface area (Å²) in [6.45, 7) is 0. The number of benzene rings is 3. The molecule has 1 heterocycles. The number of aromatic amines is 1. The molecular weight excluding hydrogens is 595 g/mol. The molecule has 0 aliphatic heterocycles. The van der Waals surface area contributed by atoms with Crippen LogP contribution < -0.4 is 20.5 Å². The van der Waals surface area contributed by atoms with Crippen LogP contribution >= 0.6 is 22.6 Å². The minimum absolute atomic E-state index is 0.000300. The summed E-state index contributed by atoms with van der Waals surface area (Å²) < 4.78 is 62.3. The van der Waals surface area contributed by atoms with Crippen LogP contribution in [-0.4, -0.2) is 24.3 Å². The van der Waals surface area contributed by atoms with Gasteiger partial charge in [0.1, 0.15) is 28.7 Å². The van der Waals surface area contributed by atoms with E-state index in [1.54, 1.807) is 6.07 Å². The number of halogens is 3. The fourth-order valence-corrected chi connectivity index (χ4v) is 4.51. The number of hydrogen-bond acceptors (Lipinski definition) is 6. The van der Waals surface area contributed by atoms with Crippen molar-refractivity contribution in [1.29, 1.82) is 0 Å². The van der Waals surface area contributed by atoms with Crippen LogP contribution in [0.5, 0.6) is 11.5 Å². The van der Waals surface area contributed by atoms with Gasteiger partial charge in [0.15, 0.2) is 5.03 Å². The predicted molar refractivity (Wildman–Crippen MR) is 133 cm³/mol. The minimum atomic E-state index is -3.94. The molecule has 1 aromatic heterocycles. The normalized spacial score (nSPS) is 11.2. The highest BCUT2D eigenvalue weighted by molar-refractivity contribution is 14.1. The molecule has 4 aromatic rings. The largest absolute Gasteiger partial charge is 0.456 e. The second kappa shape index (κ2) is 9.87. The van der Waals surface area contributed by atoms with Gasteiger partial charge in [0.2, 0.25) is 0 Å². The van der Waals surface area contributed by atoms with Crippen molar-refractivity contribution in [3.63, 3.8) is 0 Å². The Hall–Kier alpha value is -3.72. The molecule has 0 fully saturated rings. The number of carbonyl (C=O) groups is 1. The maximum absolute atomic E-state index is 14.4. The zero-order valence-electron chi connectivity index (χ0n) is 17.6. The Kier molecular flexibility index (Phi) is 6.88. The molecule has 0 aliphatic rings. The van der Waals surface area contributed by atoms with Gasteiger partial charge in [-0.2, -0.15) is 8.42 Å². The van der Waals surface area contributed by atoms with E-state index in [-0.39, 0.29) is 39.2 Å². The van der Waals surface area contributed by atoms with Gasteiger partial charge < -0.3 is 20.8 Å². The van der Waals surface area contributed by atoms with Gasteiger partial charge in [-0.3, -0.25) is 9.52 Å². The number of rotatable bonds is 8. The first-order valence-electron chi connectivity index (χ1n) is 9.77. The van der Waals surface area contributed by atoms with E-state index in [9.17, 15) is 22.0 Å². The van der Waals surface area contributed by atoms with Gasteiger partial charge in [0.25, 0.3) is 15.9 Å². The van der Waals surface area contributed by atoms with Crippen molar-refractivity contribution in [2.75, 3.05) is 10.0 Å². The zero-order chi connectivity index (χ0) is 25.2. The lowest BCUT2D eigenvalue weighted by Gasteiger charge is -2.16. The van der Waals surface area contributed by atoms with Crippen molar-refractivity contribution >= 4 is 55.6 Å². The van der Waals surface area contributed by atoms with Crippen molar-refractivity contribution in [2.45, 2.75) is 5.03 Å². The summed E-state index contributed by atoms with van der Waals surface area (Å²) in [6, 6.07) is 12.0. The van der Waals surface area contributed by atoms with Crippen molar-refractivity contribution in [3.05, 3.63) is 87.9 Å². The maximum atomic E-state index is 14.4. The number of imidazole rings is 1. The molecule has 0 spiro atoms. The Balaban J connectivity index is 1.66. The molecule has 180 valence electrons. The quantitative estimate of drug-likeness (QED) is 0.213. The molecule has 9 nitrogen and oxygen atoms in total. The average molecular weight is 611 g/mol. The lowest BCUT2D eigenvalue weighted by atomic mass is 10.1. The van der Waals surface area contributed by atoms with Gasteiger partial charge in [0, 0.05) is 15.7 Å². The van der Waals surface area contributed by atoms with Crippen molar-refractivity contribution in [2.24, 2.45) is 5.73 Å². The molecule has 1 amide bonds. The molecule has 5 N–H and O–H groups in total. The first-order chi connectivity index (χ1) is 16.6. The van der Waals surface area contributed by atoms with E-state index in [1.807, 2.05) is 22.6 Å². The SMILES string of the molecule is NC(=O)c1c(Nc2ccc(I)cc2F)cc(F)cc1Oc1cccc(NS(=O)(=O)c2cnc[nH]2)c1. The van der Waals surface area contributed by atoms with Crippen molar-refractivity contribution < 1.29 is 26.7 Å². The molecule has 13 heteroatoms. The first kappa shape index (κ1) is 24.4. The summed E-state index contributed by atoms with van der Waals surface area (Å²) >= 11 is 1.94. The summed E-state index contributed by atoms with van der Waals surface area (Å²) in [5.41, 5.74) is 5.32. The molecule has 0 atom stereocenters. The van der Waals surface area contributed by atoms with Gasteiger partial charge in [-0.25, -0.2) is 13.8 Å². The number of H-pyrrole nitrogens is 1. The molecule has 35 heavy (non-hydrogen) atoms. The first-order valence-corrected chi connectivity index (χ1v) is 12.3. The molecule has 0 saturated carbocycles. The van der Waals surface area contributed by atoms with Crippen LogP contribution in [-0.2, 0) is 10.0 Å². The Morgan fingerprint density at radius 3 is 2.57 bits per heavy atom. The molecule has 0 radical (unpaired) electrons. The van der Waals surface area contributed by atoms with Crippen LogP contribution in [0, 0.1) is 15.2 Å². The summed E-state index contributed by atoms with van der Waals surface area (Å²) in [7, 11) is -3.94. The summed E-state index contributed by atoms with van der Waals surface area (Å²) in [6.07, 6.45) is 2.36. The number of nitrogens with two attached hydrogens (primary N) is 1. The Bertz CT molecular complexity index is 1510. The standard InChI is InChI=1S/C22H16F2IN5O4S/c23-12-6-18(29-17-5-4-13(25)8-16(17)24)21(22(26)31)19(7-12)34-15-3-1-2-14(9-15)30-35(32,33)20-10-27-11-28-20/h1-11,29-30H,(H2,26,31)(H,27,28). The molecule has 0 aliphatic carbocycles. The summed E-state index contributed by atoms with van der Waals surface area (Å²) in [5.74, 6) is -2.52. The average Bonchev–Trinajstić information content (AvgIpc) is 3.31. The Morgan fingerprint density at radius 2 is 1.89 bits per heavy atom. The third-order valence-electron chi connectivity index (χ3n) is 4.59. The van der Waals surface area contributed by atoms with Gasteiger partial charge in [0.05, 0.1) is 29.6 Å². The van der Waals surface area contributed by atoms with Crippen LogP contribution in [0.3, 0.4) is 0 Å². The number of aromatic nitrogens is 2. The fourth-order valence-electron chi connectivity index (χ4n) is 3.10. The number of hydrogen-bond donors (Lipinski definition) is 4. The van der Waals surface area contributed by atoms with Gasteiger partial charge in [-0.15, -0.1) is 0 Å². The highest BCUT2D eigenvalue weighted by Gasteiger charge is 2.20. The lowest BCUT2D eigenvalue weighted by Crippen LogP contribution is -2.15. The number of nitrogens with one attached hydrogen (secondary N) is 3. The van der Waals surface area contributed by atoms with E-state index in [0.29, 0.717) is 3.57 Å². The van der Waals surface area contributed by atoms with E-state index in [2.05, 4.69) is 20.0 Å². The van der Waals surface area contributed by atoms with Crippen LogP contribution in [0.4, 0.5) is 25.8 Å². The number of sulfonamides is 1.